The van der Waals surface area contributed by atoms with Crippen LogP contribution in [0.25, 0.3) is 0 Å². The van der Waals surface area contributed by atoms with E-state index in [0.29, 0.717) is 13.0 Å². The second-order valence-corrected chi connectivity index (χ2v) is 2.71. The minimum Gasteiger partial charge on any atom is -0.463 e. The molecular weight excluding hydrogens is 184 g/mol. The van der Waals surface area contributed by atoms with E-state index in [2.05, 4.69) is 4.74 Å². The Kier molecular flexibility index (Phi) is 7.50. The van der Waals surface area contributed by atoms with Gasteiger partial charge >= 0.3 is 5.97 Å². The van der Waals surface area contributed by atoms with Crippen molar-refractivity contribution in [3.05, 3.63) is 12.2 Å². The van der Waals surface area contributed by atoms with Gasteiger partial charge in [0.05, 0.1) is 6.61 Å². The highest BCUT2D eigenvalue weighted by molar-refractivity contribution is 5.75. The first-order chi connectivity index (χ1) is 6.72. The topological polar surface area (TPSA) is 52.6 Å². The van der Waals surface area contributed by atoms with Crippen LogP contribution in [0.4, 0.5) is 0 Å². The lowest BCUT2D eigenvalue weighted by Gasteiger charge is -2.08. The molecule has 80 valence electrons. The third-order valence-electron chi connectivity index (χ3n) is 1.52. The average molecular weight is 200 g/mol. The summed E-state index contributed by atoms with van der Waals surface area (Å²) in [5.74, 6) is -0.512. The number of carbonyl (C=O) groups excluding carboxylic acids is 2. The summed E-state index contributed by atoms with van der Waals surface area (Å²) in [6.07, 6.45) is 4.78. The number of allylic oxidation sites excluding steroid dienone is 1. The van der Waals surface area contributed by atoms with E-state index in [0.717, 1.165) is 6.42 Å². The first-order valence-corrected chi connectivity index (χ1v) is 4.63. The van der Waals surface area contributed by atoms with Crippen molar-refractivity contribution in [3.63, 3.8) is 0 Å². The smallest absolute Gasteiger partial charge is 0.347 e. The minimum absolute atomic E-state index is 0.239. The standard InChI is InChI=1S/C10H16O4/c1-3-4-5-6-7-13-10(12)9(2)14-8-11/h4-5,8-9H,3,6-7H2,1-2H3. The lowest BCUT2D eigenvalue weighted by molar-refractivity contribution is -0.160. The third kappa shape index (κ3) is 6.22. The van der Waals surface area contributed by atoms with Crippen LogP contribution < -0.4 is 0 Å². The van der Waals surface area contributed by atoms with Gasteiger partial charge in [-0.2, -0.15) is 0 Å². The Morgan fingerprint density at radius 1 is 1.43 bits per heavy atom. The molecule has 0 aromatic rings. The summed E-state index contributed by atoms with van der Waals surface area (Å²) in [5.41, 5.74) is 0. The number of hydrogen-bond acceptors (Lipinski definition) is 4. The fourth-order valence-electron chi connectivity index (χ4n) is 0.768. The molecule has 14 heavy (non-hydrogen) atoms. The molecule has 4 nitrogen and oxygen atoms in total. The molecular formula is C10H16O4. The Morgan fingerprint density at radius 2 is 2.14 bits per heavy atom. The molecule has 0 bridgehead atoms. The molecule has 0 aromatic carbocycles. The van der Waals surface area contributed by atoms with Crippen LogP contribution in [0.3, 0.4) is 0 Å². The Morgan fingerprint density at radius 3 is 2.71 bits per heavy atom. The molecule has 0 saturated carbocycles. The maximum atomic E-state index is 11.0. The fraction of sp³-hybridized carbons (Fsp3) is 0.600. The summed E-state index contributed by atoms with van der Waals surface area (Å²) in [6, 6.07) is 0. The molecule has 1 unspecified atom stereocenters. The van der Waals surface area contributed by atoms with Crippen LogP contribution in [0.15, 0.2) is 12.2 Å². The molecule has 0 spiro atoms. The molecule has 0 saturated heterocycles. The van der Waals surface area contributed by atoms with E-state index in [4.69, 9.17) is 4.74 Å². The van der Waals surface area contributed by atoms with Gasteiger partial charge < -0.3 is 9.47 Å². The molecule has 0 rings (SSSR count). The zero-order valence-corrected chi connectivity index (χ0v) is 8.56. The molecule has 4 heteroatoms. The van der Waals surface area contributed by atoms with Gasteiger partial charge in [-0.15, -0.1) is 0 Å². The van der Waals surface area contributed by atoms with E-state index in [9.17, 15) is 9.59 Å². The molecule has 0 heterocycles. The molecule has 1 atom stereocenters. The van der Waals surface area contributed by atoms with E-state index >= 15 is 0 Å². The van der Waals surface area contributed by atoms with E-state index < -0.39 is 12.1 Å². The summed E-state index contributed by atoms with van der Waals surface area (Å²) in [6.45, 7) is 4.06. The van der Waals surface area contributed by atoms with Gasteiger partial charge in [0.1, 0.15) is 0 Å². The number of carbonyl (C=O) groups is 2. The van der Waals surface area contributed by atoms with Gasteiger partial charge in [-0.1, -0.05) is 19.1 Å². The quantitative estimate of drug-likeness (QED) is 0.270. The molecule has 0 aliphatic heterocycles. The second kappa shape index (κ2) is 8.29. The van der Waals surface area contributed by atoms with Crippen LogP contribution in [0.1, 0.15) is 26.7 Å². The summed E-state index contributed by atoms with van der Waals surface area (Å²) in [7, 11) is 0. The second-order valence-electron chi connectivity index (χ2n) is 2.71. The van der Waals surface area contributed by atoms with Gasteiger partial charge in [-0.05, 0) is 19.8 Å². The van der Waals surface area contributed by atoms with E-state index in [-0.39, 0.29) is 6.47 Å². The molecule has 0 fully saturated rings. The predicted octanol–water partition coefficient (Wildman–Crippen LogP) is 1.45. The molecule has 0 aliphatic rings. The SMILES string of the molecule is CCC=CCCOC(=O)C(C)OC=O. The predicted molar refractivity (Wildman–Crippen MR) is 51.6 cm³/mol. The van der Waals surface area contributed by atoms with E-state index in [1.807, 2.05) is 19.1 Å². The Hall–Kier alpha value is -1.32. The Bertz CT molecular complexity index is 198. The number of ether oxygens (including phenoxy) is 2. The summed E-state index contributed by atoms with van der Waals surface area (Å²) < 4.78 is 9.24. The van der Waals surface area contributed by atoms with E-state index in [1.165, 1.54) is 6.92 Å². The van der Waals surface area contributed by atoms with Crippen LogP contribution in [-0.4, -0.2) is 25.2 Å². The van der Waals surface area contributed by atoms with E-state index in [1.54, 1.807) is 0 Å². The van der Waals surface area contributed by atoms with Gasteiger partial charge in [0.2, 0.25) is 0 Å². The average Bonchev–Trinajstić information content (AvgIpc) is 2.17. The van der Waals surface area contributed by atoms with Crippen LogP contribution in [-0.2, 0) is 19.1 Å². The largest absolute Gasteiger partial charge is 0.463 e. The molecule has 0 N–H and O–H groups in total. The van der Waals surface area contributed by atoms with Crippen LogP contribution in [0.5, 0.6) is 0 Å². The first-order valence-electron chi connectivity index (χ1n) is 4.63. The van der Waals surface area contributed by atoms with Crippen molar-refractivity contribution in [1.82, 2.24) is 0 Å². The summed E-state index contributed by atoms with van der Waals surface area (Å²) in [4.78, 5) is 20.9. The maximum Gasteiger partial charge on any atom is 0.347 e. The highest BCUT2D eigenvalue weighted by Gasteiger charge is 2.13. The lowest BCUT2D eigenvalue weighted by Crippen LogP contribution is -2.23. The number of rotatable bonds is 7. The molecule has 0 aromatic heterocycles. The third-order valence-corrected chi connectivity index (χ3v) is 1.52. The first kappa shape index (κ1) is 12.7. The van der Waals surface area contributed by atoms with Crippen molar-refractivity contribution < 1.29 is 19.1 Å². The van der Waals surface area contributed by atoms with Gasteiger partial charge in [-0.25, -0.2) is 4.79 Å². The van der Waals surface area contributed by atoms with Crippen LogP contribution in [0, 0.1) is 0 Å². The number of hydrogen-bond donors (Lipinski definition) is 0. The normalized spacial score (nSPS) is 12.4. The van der Waals surface area contributed by atoms with Crippen molar-refractivity contribution in [3.8, 4) is 0 Å². The van der Waals surface area contributed by atoms with Crippen molar-refractivity contribution in [1.29, 1.82) is 0 Å². The summed E-state index contributed by atoms with van der Waals surface area (Å²) in [5, 5.41) is 0. The Labute approximate surface area is 83.9 Å². The lowest BCUT2D eigenvalue weighted by atomic mass is 10.3. The highest BCUT2D eigenvalue weighted by Crippen LogP contribution is 1.94. The number of esters is 1. The van der Waals surface area contributed by atoms with Gasteiger partial charge in [0.25, 0.3) is 6.47 Å². The highest BCUT2D eigenvalue weighted by atomic mass is 16.6. The van der Waals surface area contributed by atoms with Crippen molar-refractivity contribution in [2.45, 2.75) is 32.8 Å². The Balaban J connectivity index is 3.53. The zero-order chi connectivity index (χ0) is 10.8. The van der Waals surface area contributed by atoms with Crippen molar-refractivity contribution >= 4 is 12.4 Å². The van der Waals surface area contributed by atoms with Crippen LogP contribution in [0.2, 0.25) is 0 Å². The van der Waals surface area contributed by atoms with Crippen LogP contribution >= 0.6 is 0 Å². The molecule has 0 amide bonds. The van der Waals surface area contributed by atoms with Gasteiger partial charge in [-0.3, -0.25) is 4.79 Å². The fourth-order valence-corrected chi connectivity index (χ4v) is 0.768. The summed E-state index contributed by atoms with van der Waals surface area (Å²) >= 11 is 0. The van der Waals surface area contributed by atoms with Gasteiger partial charge in [0, 0.05) is 0 Å². The van der Waals surface area contributed by atoms with Crippen molar-refractivity contribution in [2.24, 2.45) is 0 Å². The zero-order valence-electron chi connectivity index (χ0n) is 8.56. The van der Waals surface area contributed by atoms with Crippen molar-refractivity contribution in [2.75, 3.05) is 6.61 Å². The maximum absolute atomic E-state index is 11.0. The minimum atomic E-state index is -0.817. The monoisotopic (exact) mass is 200 g/mol. The molecule has 0 radical (unpaired) electrons. The molecule has 0 aliphatic carbocycles. The van der Waals surface area contributed by atoms with Gasteiger partial charge in [0.15, 0.2) is 6.10 Å².